The Labute approximate surface area is 126 Å². The average Bonchev–Trinajstić information content (AvgIpc) is 2.56. The molecule has 0 aromatic heterocycles. The molecule has 1 unspecified atom stereocenters. The summed E-state index contributed by atoms with van der Waals surface area (Å²) in [4.78, 5) is 0. The Morgan fingerprint density at radius 2 is 1.71 bits per heavy atom. The van der Waals surface area contributed by atoms with Gasteiger partial charge in [0.1, 0.15) is 5.75 Å². The number of anilines is 1. The topological polar surface area (TPSA) is 41.5 Å². The lowest BCUT2D eigenvalue weighted by molar-refractivity contribution is 0.205. The zero-order valence-electron chi connectivity index (χ0n) is 12.7. The molecule has 3 heteroatoms. The Kier molecular flexibility index (Phi) is 5.23. The van der Waals surface area contributed by atoms with Crippen molar-refractivity contribution in [1.29, 1.82) is 0 Å². The van der Waals surface area contributed by atoms with Crippen molar-refractivity contribution in [2.45, 2.75) is 25.3 Å². The highest BCUT2D eigenvalue weighted by molar-refractivity contribution is 5.49. The van der Waals surface area contributed by atoms with Gasteiger partial charge in [-0.2, -0.15) is 0 Å². The van der Waals surface area contributed by atoms with Crippen LogP contribution >= 0.6 is 0 Å². The maximum atomic E-state index is 9.91. The molecule has 2 N–H and O–H groups in total. The molecule has 0 aliphatic rings. The fourth-order valence-corrected chi connectivity index (χ4v) is 2.43. The van der Waals surface area contributed by atoms with Crippen LogP contribution in [0.3, 0.4) is 0 Å². The van der Waals surface area contributed by atoms with Gasteiger partial charge >= 0.3 is 0 Å². The molecule has 2 aromatic rings. The second-order valence-electron chi connectivity index (χ2n) is 5.31. The summed E-state index contributed by atoms with van der Waals surface area (Å²) in [5.74, 6) is 0.828. The van der Waals surface area contributed by atoms with Crippen LogP contribution in [0.15, 0.2) is 54.6 Å². The van der Waals surface area contributed by atoms with Crippen LogP contribution in [0.5, 0.6) is 5.75 Å². The molecular weight excluding hydrogens is 262 g/mol. The molecule has 112 valence electrons. The molecule has 0 spiro atoms. The normalized spacial score (nSPS) is 13.5. The summed E-state index contributed by atoms with van der Waals surface area (Å²) in [5, 5.41) is 13.4. The molecule has 2 rings (SSSR count). The first-order valence-electron chi connectivity index (χ1n) is 7.28. The van der Waals surface area contributed by atoms with E-state index in [1.807, 2.05) is 42.5 Å². The molecule has 0 radical (unpaired) electrons. The van der Waals surface area contributed by atoms with E-state index in [1.165, 1.54) is 5.56 Å². The van der Waals surface area contributed by atoms with Crippen molar-refractivity contribution in [2.24, 2.45) is 0 Å². The number of nitrogens with one attached hydrogen (secondary N) is 1. The van der Waals surface area contributed by atoms with Gasteiger partial charge in [-0.15, -0.1) is 0 Å². The maximum Gasteiger partial charge on any atom is 0.119 e. The number of aliphatic hydroxyl groups excluding tert-OH is 1. The van der Waals surface area contributed by atoms with Crippen molar-refractivity contribution in [3.63, 3.8) is 0 Å². The van der Waals surface area contributed by atoms with Crippen molar-refractivity contribution in [3.05, 3.63) is 60.2 Å². The van der Waals surface area contributed by atoms with Crippen LogP contribution in [-0.4, -0.2) is 24.4 Å². The molecule has 0 aliphatic carbocycles. The molecule has 21 heavy (non-hydrogen) atoms. The number of methoxy groups -OCH3 is 1. The van der Waals surface area contributed by atoms with E-state index in [4.69, 9.17) is 4.74 Å². The average molecular weight is 285 g/mol. The lowest BCUT2D eigenvalue weighted by Gasteiger charge is -2.33. The van der Waals surface area contributed by atoms with Crippen LogP contribution < -0.4 is 10.1 Å². The molecule has 0 aliphatic heterocycles. The van der Waals surface area contributed by atoms with Crippen LogP contribution in [0.2, 0.25) is 0 Å². The Hall–Kier alpha value is -2.00. The number of hydrogen-bond donors (Lipinski definition) is 2. The number of ether oxygens (including phenoxy) is 1. The van der Waals surface area contributed by atoms with Crippen molar-refractivity contribution in [2.75, 3.05) is 19.0 Å². The summed E-state index contributed by atoms with van der Waals surface area (Å²) >= 11 is 0. The fraction of sp³-hybridized carbons (Fsp3) is 0.333. The van der Waals surface area contributed by atoms with Gasteiger partial charge in [0.05, 0.1) is 19.3 Å². The predicted molar refractivity (Wildman–Crippen MR) is 86.9 cm³/mol. The first-order valence-corrected chi connectivity index (χ1v) is 7.28. The molecule has 0 fully saturated rings. The molecular formula is C18H23NO2. The Morgan fingerprint density at radius 3 is 2.24 bits per heavy atom. The van der Waals surface area contributed by atoms with Gasteiger partial charge in [0.15, 0.2) is 0 Å². The summed E-state index contributed by atoms with van der Waals surface area (Å²) < 4.78 is 5.17. The SMILES string of the molecule is CCC(CO)(Cc1ccccc1)Nc1ccc(OC)cc1. The molecule has 0 saturated heterocycles. The van der Waals surface area contributed by atoms with Gasteiger partial charge in [0.2, 0.25) is 0 Å². The third-order valence-electron chi connectivity index (χ3n) is 3.86. The van der Waals surface area contributed by atoms with E-state index in [0.29, 0.717) is 0 Å². The Balaban J connectivity index is 2.16. The minimum absolute atomic E-state index is 0.0877. The molecule has 0 saturated carbocycles. The van der Waals surface area contributed by atoms with E-state index < -0.39 is 0 Å². The zero-order chi connectivity index (χ0) is 15.1. The van der Waals surface area contributed by atoms with Crippen LogP contribution in [0.1, 0.15) is 18.9 Å². The van der Waals surface area contributed by atoms with Crippen molar-refractivity contribution < 1.29 is 9.84 Å². The van der Waals surface area contributed by atoms with Crippen LogP contribution in [-0.2, 0) is 6.42 Å². The van der Waals surface area contributed by atoms with E-state index in [1.54, 1.807) is 7.11 Å². The predicted octanol–water partition coefficient (Wildman–Crippen LogP) is 3.49. The van der Waals surface area contributed by atoms with Crippen LogP contribution in [0, 0.1) is 0 Å². The quantitative estimate of drug-likeness (QED) is 0.818. The summed E-state index contributed by atoms with van der Waals surface area (Å²) in [6.07, 6.45) is 1.62. The second-order valence-corrected chi connectivity index (χ2v) is 5.31. The van der Waals surface area contributed by atoms with Crippen molar-refractivity contribution in [3.8, 4) is 5.75 Å². The first-order chi connectivity index (χ1) is 10.2. The fourth-order valence-electron chi connectivity index (χ4n) is 2.43. The van der Waals surface area contributed by atoms with E-state index in [-0.39, 0.29) is 12.1 Å². The van der Waals surface area contributed by atoms with Gasteiger partial charge in [0, 0.05) is 5.69 Å². The summed E-state index contributed by atoms with van der Waals surface area (Å²) in [6.45, 7) is 2.18. The van der Waals surface area contributed by atoms with Gasteiger partial charge in [0.25, 0.3) is 0 Å². The van der Waals surface area contributed by atoms with Gasteiger partial charge in [-0.25, -0.2) is 0 Å². The lowest BCUT2D eigenvalue weighted by Crippen LogP contribution is -2.43. The van der Waals surface area contributed by atoms with Crippen molar-refractivity contribution >= 4 is 5.69 Å². The number of aliphatic hydroxyl groups is 1. The molecule has 3 nitrogen and oxygen atoms in total. The van der Waals surface area contributed by atoms with Crippen LogP contribution in [0.4, 0.5) is 5.69 Å². The van der Waals surface area contributed by atoms with Gasteiger partial charge in [-0.3, -0.25) is 0 Å². The number of benzene rings is 2. The Morgan fingerprint density at radius 1 is 1.05 bits per heavy atom. The van der Waals surface area contributed by atoms with E-state index in [2.05, 4.69) is 24.4 Å². The summed E-state index contributed by atoms with van der Waals surface area (Å²) in [7, 11) is 1.65. The third-order valence-corrected chi connectivity index (χ3v) is 3.86. The van der Waals surface area contributed by atoms with Crippen molar-refractivity contribution in [1.82, 2.24) is 0 Å². The largest absolute Gasteiger partial charge is 0.497 e. The van der Waals surface area contributed by atoms with Gasteiger partial charge in [-0.1, -0.05) is 37.3 Å². The van der Waals surface area contributed by atoms with E-state index >= 15 is 0 Å². The molecule has 0 heterocycles. The highest BCUT2D eigenvalue weighted by Gasteiger charge is 2.27. The zero-order valence-corrected chi connectivity index (χ0v) is 12.7. The van der Waals surface area contributed by atoms with Crippen LogP contribution in [0.25, 0.3) is 0 Å². The minimum Gasteiger partial charge on any atom is -0.497 e. The van der Waals surface area contributed by atoms with Gasteiger partial charge < -0.3 is 15.2 Å². The van der Waals surface area contributed by atoms with E-state index in [9.17, 15) is 5.11 Å². The third kappa shape index (κ3) is 3.99. The summed E-state index contributed by atoms with van der Waals surface area (Å²) in [5.41, 5.74) is 1.85. The highest BCUT2D eigenvalue weighted by Crippen LogP contribution is 2.24. The molecule has 2 aromatic carbocycles. The molecule has 1 atom stereocenters. The monoisotopic (exact) mass is 285 g/mol. The molecule has 0 bridgehead atoms. The summed E-state index contributed by atoms with van der Waals surface area (Å²) in [6, 6.07) is 18.0. The molecule has 0 amide bonds. The maximum absolute atomic E-state index is 9.91. The lowest BCUT2D eigenvalue weighted by atomic mass is 9.88. The standard InChI is InChI=1S/C18H23NO2/c1-3-18(14-20,13-15-7-5-4-6-8-15)19-16-9-11-17(21-2)12-10-16/h4-12,19-20H,3,13-14H2,1-2H3. The minimum atomic E-state index is -0.351. The number of hydrogen-bond acceptors (Lipinski definition) is 3. The number of rotatable bonds is 7. The Bertz CT molecular complexity index is 533. The first kappa shape index (κ1) is 15.4. The highest BCUT2D eigenvalue weighted by atomic mass is 16.5. The smallest absolute Gasteiger partial charge is 0.119 e. The second kappa shape index (κ2) is 7.14. The van der Waals surface area contributed by atoms with Gasteiger partial charge in [-0.05, 0) is 42.7 Å². The van der Waals surface area contributed by atoms with E-state index in [0.717, 1.165) is 24.3 Å².